The number of carbonyl (C=O) groups is 3. The van der Waals surface area contributed by atoms with E-state index in [0.717, 1.165) is 18.2 Å². The Morgan fingerprint density at radius 1 is 1.15 bits per heavy atom. The molecular weight excluding hydrogens is 360 g/mol. The van der Waals surface area contributed by atoms with Gasteiger partial charge in [0, 0.05) is 13.1 Å². The SMILES string of the molecule is CC(C)(C)OC(=O)N1CCC(C(=O)OCC(=O)c2cc(F)ccc2F)CC1. The minimum absolute atomic E-state index is 0.334. The number of esters is 1. The molecule has 6 nitrogen and oxygen atoms in total. The second-order valence-electron chi connectivity index (χ2n) is 7.40. The molecule has 1 fully saturated rings. The number of hydrogen-bond donors (Lipinski definition) is 0. The Labute approximate surface area is 156 Å². The summed E-state index contributed by atoms with van der Waals surface area (Å²) in [6.07, 6.45) is 0.312. The van der Waals surface area contributed by atoms with Gasteiger partial charge in [-0.15, -0.1) is 0 Å². The summed E-state index contributed by atoms with van der Waals surface area (Å²) >= 11 is 0. The molecule has 8 heteroatoms. The predicted molar refractivity (Wildman–Crippen MR) is 92.2 cm³/mol. The van der Waals surface area contributed by atoms with Crippen LogP contribution in [0.2, 0.25) is 0 Å². The second kappa shape index (κ2) is 8.45. The van der Waals surface area contributed by atoms with E-state index < -0.39 is 53.2 Å². The number of benzene rings is 1. The molecule has 0 spiro atoms. The number of amides is 1. The maximum atomic E-state index is 13.6. The molecule has 1 aliphatic heterocycles. The van der Waals surface area contributed by atoms with Crippen LogP contribution in [-0.4, -0.2) is 48.0 Å². The molecule has 1 aromatic rings. The van der Waals surface area contributed by atoms with Crippen molar-refractivity contribution in [2.75, 3.05) is 19.7 Å². The Morgan fingerprint density at radius 3 is 2.37 bits per heavy atom. The zero-order valence-corrected chi connectivity index (χ0v) is 15.6. The molecule has 0 N–H and O–H groups in total. The summed E-state index contributed by atoms with van der Waals surface area (Å²) < 4.78 is 36.9. The van der Waals surface area contributed by atoms with Crippen LogP contribution >= 0.6 is 0 Å². The Morgan fingerprint density at radius 2 is 1.78 bits per heavy atom. The van der Waals surface area contributed by atoms with E-state index in [4.69, 9.17) is 9.47 Å². The molecule has 148 valence electrons. The van der Waals surface area contributed by atoms with Crippen molar-refractivity contribution in [2.24, 2.45) is 5.92 Å². The summed E-state index contributed by atoms with van der Waals surface area (Å²) in [6.45, 7) is 5.32. The first-order valence-electron chi connectivity index (χ1n) is 8.69. The summed E-state index contributed by atoms with van der Waals surface area (Å²) in [5, 5.41) is 0. The number of piperidine rings is 1. The van der Waals surface area contributed by atoms with E-state index in [-0.39, 0.29) is 0 Å². The number of ketones is 1. The highest BCUT2D eigenvalue weighted by molar-refractivity contribution is 5.98. The Hall–Kier alpha value is -2.51. The highest BCUT2D eigenvalue weighted by atomic mass is 19.1. The number of nitrogens with zero attached hydrogens (tertiary/aromatic N) is 1. The molecule has 0 unspecified atom stereocenters. The number of hydrogen-bond acceptors (Lipinski definition) is 5. The minimum atomic E-state index is -0.872. The molecule has 0 atom stereocenters. The van der Waals surface area contributed by atoms with Crippen molar-refractivity contribution < 1.29 is 32.6 Å². The van der Waals surface area contributed by atoms with Crippen LogP contribution in [0.15, 0.2) is 18.2 Å². The first-order valence-corrected chi connectivity index (χ1v) is 8.69. The van der Waals surface area contributed by atoms with Crippen LogP contribution < -0.4 is 0 Å². The Balaban J connectivity index is 1.82. The van der Waals surface area contributed by atoms with Crippen LogP contribution in [0, 0.1) is 17.6 Å². The van der Waals surface area contributed by atoms with Crippen molar-refractivity contribution in [2.45, 2.75) is 39.2 Å². The lowest BCUT2D eigenvalue weighted by molar-refractivity contribution is -0.149. The fraction of sp³-hybridized carbons (Fsp3) is 0.526. The highest BCUT2D eigenvalue weighted by Crippen LogP contribution is 2.21. The van der Waals surface area contributed by atoms with Gasteiger partial charge in [0.25, 0.3) is 0 Å². The van der Waals surface area contributed by atoms with Crippen LogP contribution in [-0.2, 0) is 14.3 Å². The molecule has 1 aliphatic rings. The van der Waals surface area contributed by atoms with Crippen molar-refractivity contribution in [3.05, 3.63) is 35.4 Å². The first-order chi connectivity index (χ1) is 12.6. The van der Waals surface area contributed by atoms with Crippen molar-refractivity contribution in [3.63, 3.8) is 0 Å². The number of carbonyl (C=O) groups excluding carboxylic acids is 3. The van der Waals surface area contributed by atoms with Gasteiger partial charge in [-0.25, -0.2) is 13.6 Å². The van der Waals surface area contributed by atoms with Crippen LogP contribution in [0.4, 0.5) is 13.6 Å². The average Bonchev–Trinajstić information content (AvgIpc) is 2.60. The van der Waals surface area contributed by atoms with E-state index in [9.17, 15) is 23.2 Å². The standard InChI is InChI=1S/C19H23F2NO5/c1-19(2,3)27-18(25)22-8-6-12(7-9-22)17(24)26-11-16(23)14-10-13(20)4-5-15(14)21/h4-5,10,12H,6-9,11H2,1-3H3. The molecule has 0 saturated carbocycles. The van der Waals surface area contributed by atoms with Crippen molar-refractivity contribution in [1.82, 2.24) is 4.90 Å². The second-order valence-corrected chi connectivity index (χ2v) is 7.40. The summed E-state index contributed by atoms with van der Waals surface area (Å²) in [4.78, 5) is 37.6. The molecule has 1 aromatic carbocycles. The average molecular weight is 383 g/mol. The van der Waals surface area contributed by atoms with Gasteiger partial charge in [-0.1, -0.05) is 0 Å². The molecule has 0 aromatic heterocycles. The lowest BCUT2D eigenvalue weighted by atomic mass is 9.97. The third kappa shape index (κ3) is 6.01. The third-order valence-corrected chi connectivity index (χ3v) is 4.05. The van der Waals surface area contributed by atoms with Gasteiger partial charge < -0.3 is 14.4 Å². The number of likely N-dealkylation sites (tertiary alicyclic amines) is 1. The number of Topliss-reactive ketones (excluding diaryl/α,β-unsaturated/α-hetero) is 1. The third-order valence-electron chi connectivity index (χ3n) is 4.05. The normalized spacial score (nSPS) is 15.4. The molecule has 1 saturated heterocycles. The van der Waals surface area contributed by atoms with Gasteiger partial charge in [0.05, 0.1) is 11.5 Å². The van der Waals surface area contributed by atoms with Gasteiger partial charge in [0.1, 0.15) is 17.2 Å². The largest absolute Gasteiger partial charge is 0.457 e. The van der Waals surface area contributed by atoms with Crippen molar-refractivity contribution >= 4 is 17.8 Å². The lowest BCUT2D eigenvalue weighted by Gasteiger charge is -2.32. The molecule has 1 heterocycles. The van der Waals surface area contributed by atoms with Crippen molar-refractivity contribution in [3.8, 4) is 0 Å². The van der Waals surface area contributed by atoms with Crippen LogP contribution in [0.3, 0.4) is 0 Å². The highest BCUT2D eigenvalue weighted by Gasteiger charge is 2.31. The quantitative estimate of drug-likeness (QED) is 0.589. The fourth-order valence-electron chi connectivity index (χ4n) is 2.67. The molecule has 0 radical (unpaired) electrons. The topological polar surface area (TPSA) is 72.9 Å². The van der Waals surface area contributed by atoms with Gasteiger partial charge in [-0.2, -0.15) is 0 Å². The molecule has 27 heavy (non-hydrogen) atoms. The lowest BCUT2D eigenvalue weighted by Crippen LogP contribution is -2.43. The maximum Gasteiger partial charge on any atom is 0.410 e. The minimum Gasteiger partial charge on any atom is -0.457 e. The molecular formula is C19H23F2NO5. The van der Waals surface area contributed by atoms with Crippen molar-refractivity contribution in [1.29, 1.82) is 0 Å². The number of ether oxygens (including phenoxy) is 2. The van der Waals surface area contributed by atoms with Gasteiger partial charge >= 0.3 is 12.1 Å². The smallest absolute Gasteiger partial charge is 0.410 e. The summed E-state index contributed by atoms with van der Waals surface area (Å²) in [6, 6.07) is 2.51. The molecule has 1 amide bonds. The van der Waals surface area contributed by atoms with E-state index in [1.807, 2.05) is 0 Å². The van der Waals surface area contributed by atoms with E-state index in [1.54, 1.807) is 20.8 Å². The Kier molecular flexibility index (Phi) is 6.51. The van der Waals surface area contributed by atoms with Gasteiger partial charge in [0.15, 0.2) is 6.61 Å². The van der Waals surface area contributed by atoms with Crippen LogP contribution in [0.25, 0.3) is 0 Å². The van der Waals surface area contributed by atoms with Gasteiger partial charge in [-0.05, 0) is 51.8 Å². The summed E-state index contributed by atoms with van der Waals surface area (Å²) in [5.41, 5.74) is -1.05. The van der Waals surface area contributed by atoms with Gasteiger partial charge in [-0.3, -0.25) is 9.59 Å². The van der Waals surface area contributed by atoms with E-state index >= 15 is 0 Å². The zero-order chi connectivity index (χ0) is 20.2. The van der Waals surface area contributed by atoms with E-state index in [1.165, 1.54) is 4.90 Å². The molecule has 2 rings (SSSR count). The van der Waals surface area contributed by atoms with Gasteiger partial charge in [0.2, 0.25) is 5.78 Å². The number of halogens is 2. The summed E-state index contributed by atoms with van der Waals surface area (Å²) in [5.74, 6) is -3.49. The van der Waals surface area contributed by atoms with E-state index in [0.29, 0.717) is 25.9 Å². The fourth-order valence-corrected chi connectivity index (χ4v) is 2.67. The molecule has 0 bridgehead atoms. The molecule has 0 aliphatic carbocycles. The summed E-state index contributed by atoms with van der Waals surface area (Å²) in [7, 11) is 0. The Bertz CT molecular complexity index is 721. The first kappa shape index (κ1) is 20.8. The maximum absolute atomic E-state index is 13.6. The predicted octanol–water partition coefficient (Wildman–Crippen LogP) is 3.34. The monoisotopic (exact) mass is 383 g/mol. The number of rotatable bonds is 4. The zero-order valence-electron chi connectivity index (χ0n) is 15.6. The van der Waals surface area contributed by atoms with Crippen LogP contribution in [0.5, 0.6) is 0 Å². The van der Waals surface area contributed by atoms with Crippen LogP contribution in [0.1, 0.15) is 44.0 Å². The van der Waals surface area contributed by atoms with E-state index in [2.05, 4.69) is 0 Å².